The van der Waals surface area contributed by atoms with Gasteiger partial charge in [0.2, 0.25) is 0 Å². The molecule has 0 bridgehead atoms. The molecule has 1 rings (SSSR count). The summed E-state index contributed by atoms with van der Waals surface area (Å²) >= 11 is 0. The average molecular weight is 160 g/mol. The first-order valence-electron chi connectivity index (χ1n) is 3.61. The molecule has 0 aromatic rings. The van der Waals surface area contributed by atoms with E-state index in [1.165, 1.54) is 0 Å². The Morgan fingerprint density at radius 3 is 3.27 bits per heavy atom. The smallest absolute Gasteiger partial charge is 0.410 e. The van der Waals surface area contributed by atoms with Crippen LogP contribution in [0.2, 0.25) is 0 Å². The van der Waals surface area contributed by atoms with E-state index >= 15 is 0 Å². The van der Waals surface area contributed by atoms with Gasteiger partial charge in [-0.25, -0.2) is 4.79 Å². The van der Waals surface area contributed by atoms with Gasteiger partial charge in [-0.3, -0.25) is 10.6 Å². The molecule has 1 unspecified atom stereocenters. The van der Waals surface area contributed by atoms with Crippen molar-refractivity contribution >= 4 is 6.09 Å². The number of carbonyl (C=O) groups is 1. The van der Waals surface area contributed by atoms with E-state index in [4.69, 9.17) is 4.74 Å². The van der Waals surface area contributed by atoms with Crippen LogP contribution >= 0.6 is 0 Å². The highest BCUT2D eigenvalue weighted by atomic mass is 16.6. The van der Waals surface area contributed by atoms with Gasteiger partial charge in [-0.2, -0.15) is 0 Å². The summed E-state index contributed by atoms with van der Waals surface area (Å²) in [5.41, 5.74) is 0. The maximum absolute atomic E-state index is 10.7. The Balaban J connectivity index is 2.13. The predicted octanol–water partition coefficient (Wildman–Crippen LogP) is -0.364. The normalized spacial score (nSPS) is 23.2. The summed E-state index contributed by atoms with van der Waals surface area (Å²) in [5, 5.41) is 5.40. The second kappa shape index (κ2) is 4.15. The first kappa shape index (κ1) is 8.29. The predicted molar refractivity (Wildman–Crippen MR) is 37.9 cm³/mol. The fourth-order valence-corrected chi connectivity index (χ4v) is 0.798. The molecule has 0 radical (unpaired) electrons. The molecule has 1 saturated heterocycles. The van der Waals surface area contributed by atoms with Gasteiger partial charge in [0.15, 0.2) is 6.35 Å². The van der Waals surface area contributed by atoms with Gasteiger partial charge in [-0.05, 0) is 6.92 Å². The van der Waals surface area contributed by atoms with E-state index in [-0.39, 0.29) is 6.35 Å². The van der Waals surface area contributed by atoms with Crippen LogP contribution in [0.3, 0.4) is 0 Å². The summed E-state index contributed by atoms with van der Waals surface area (Å²) in [6.45, 7) is 3.51. The lowest BCUT2D eigenvalue weighted by atomic mass is 10.7. The standard InChI is InChI=1S/C6H12N2O3/c1-2-10-6(9)8-5-7-3-4-11-5/h5,7H,2-4H2,1H3,(H,8,9). The third-order valence-corrected chi connectivity index (χ3v) is 1.24. The molecule has 1 aliphatic rings. The van der Waals surface area contributed by atoms with Gasteiger partial charge in [-0.15, -0.1) is 0 Å². The molecule has 5 heteroatoms. The lowest BCUT2D eigenvalue weighted by Gasteiger charge is -2.10. The zero-order valence-electron chi connectivity index (χ0n) is 6.42. The second-order valence-corrected chi connectivity index (χ2v) is 2.07. The molecule has 0 aromatic heterocycles. The van der Waals surface area contributed by atoms with Crippen molar-refractivity contribution in [1.82, 2.24) is 10.6 Å². The maximum atomic E-state index is 10.7. The van der Waals surface area contributed by atoms with E-state index in [0.717, 1.165) is 6.54 Å². The second-order valence-electron chi connectivity index (χ2n) is 2.07. The molecule has 1 fully saturated rings. The zero-order chi connectivity index (χ0) is 8.10. The number of carbonyl (C=O) groups excluding carboxylic acids is 1. The van der Waals surface area contributed by atoms with E-state index in [0.29, 0.717) is 13.2 Å². The molecule has 11 heavy (non-hydrogen) atoms. The quantitative estimate of drug-likeness (QED) is 0.579. The fraction of sp³-hybridized carbons (Fsp3) is 0.833. The number of amides is 1. The third kappa shape index (κ3) is 2.73. The van der Waals surface area contributed by atoms with Crippen LogP contribution in [0.15, 0.2) is 0 Å². The SMILES string of the molecule is CCOC(=O)NC1NCCO1. The van der Waals surface area contributed by atoms with Gasteiger partial charge >= 0.3 is 6.09 Å². The highest BCUT2D eigenvalue weighted by Gasteiger charge is 2.16. The summed E-state index contributed by atoms with van der Waals surface area (Å²) < 4.78 is 9.68. The Morgan fingerprint density at radius 2 is 2.73 bits per heavy atom. The van der Waals surface area contributed by atoms with Crippen molar-refractivity contribution < 1.29 is 14.3 Å². The van der Waals surface area contributed by atoms with Crippen molar-refractivity contribution in [3.8, 4) is 0 Å². The minimum atomic E-state index is -0.452. The van der Waals surface area contributed by atoms with E-state index in [1.807, 2.05) is 0 Å². The van der Waals surface area contributed by atoms with Crippen LogP contribution < -0.4 is 10.6 Å². The van der Waals surface area contributed by atoms with E-state index in [2.05, 4.69) is 15.4 Å². The summed E-state index contributed by atoms with van der Waals surface area (Å²) in [6.07, 6.45) is -0.832. The Hall–Kier alpha value is -0.810. The molecule has 1 amide bonds. The summed E-state index contributed by atoms with van der Waals surface area (Å²) in [7, 11) is 0. The van der Waals surface area contributed by atoms with Crippen molar-refractivity contribution in [3.05, 3.63) is 0 Å². The van der Waals surface area contributed by atoms with Crippen LogP contribution in [0, 0.1) is 0 Å². The van der Waals surface area contributed by atoms with E-state index in [9.17, 15) is 4.79 Å². The summed E-state index contributed by atoms with van der Waals surface area (Å²) in [6, 6.07) is 0. The topological polar surface area (TPSA) is 59.6 Å². The highest BCUT2D eigenvalue weighted by Crippen LogP contribution is 1.91. The Kier molecular flexibility index (Phi) is 3.13. The minimum absolute atomic E-state index is 0.374. The van der Waals surface area contributed by atoms with Crippen molar-refractivity contribution in [2.24, 2.45) is 0 Å². The van der Waals surface area contributed by atoms with Crippen molar-refractivity contribution in [3.63, 3.8) is 0 Å². The highest BCUT2D eigenvalue weighted by molar-refractivity contribution is 5.67. The van der Waals surface area contributed by atoms with Gasteiger partial charge in [-0.1, -0.05) is 0 Å². The Morgan fingerprint density at radius 1 is 1.91 bits per heavy atom. The number of hydrogen-bond donors (Lipinski definition) is 2. The van der Waals surface area contributed by atoms with Crippen LogP contribution in [0.1, 0.15) is 6.92 Å². The molecule has 0 saturated carbocycles. The van der Waals surface area contributed by atoms with Crippen molar-refractivity contribution in [1.29, 1.82) is 0 Å². The third-order valence-electron chi connectivity index (χ3n) is 1.24. The molecule has 5 nitrogen and oxygen atoms in total. The first-order chi connectivity index (χ1) is 5.33. The molecule has 1 heterocycles. The molecule has 64 valence electrons. The van der Waals surface area contributed by atoms with Gasteiger partial charge in [0.1, 0.15) is 0 Å². The molecule has 1 aliphatic heterocycles. The largest absolute Gasteiger partial charge is 0.450 e. The number of hydrogen-bond acceptors (Lipinski definition) is 4. The van der Waals surface area contributed by atoms with Gasteiger partial charge in [0, 0.05) is 6.54 Å². The van der Waals surface area contributed by atoms with E-state index in [1.54, 1.807) is 6.92 Å². The van der Waals surface area contributed by atoms with Crippen LogP contribution in [-0.2, 0) is 9.47 Å². The first-order valence-corrected chi connectivity index (χ1v) is 3.61. The Bertz CT molecular complexity index is 134. The maximum Gasteiger partial charge on any atom is 0.410 e. The molecule has 2 N–H and O–H groups in total. The molecule has 0 spiro atoms. The van der Waals surface area contributed by atoms with Crippen LogP contribution in [0.4, 0.5) is 4.79 Å². The summed E-state index contributed by atoms with van der Waals surface area (Å²) in [5.74, 6) is 0. The van der Waals surface area contributed by atoms with Gasteiger partial charge in [0.05, 0.1) is 13.2 Å². The lowest BCUT2D eigenvalue weighted by Crippen LogP contribution is -2.42. The monoisotopic (exact) mass is 160 g/mol. The molecule has 0 aromatic carbocycles. The van der Waals surface area contributed by atoms with Gasteiger partial charge < -0.3 is 9.47 Å². The zero-order valence-corrected chi connectivity index (χ0v) is 6.42. The molecule has 0 aliphatic carbocycles. The summed E-state index contributed by atoms with van der Waals surface area (Å²) in [4.78, 5) is 10.7. The van der Waals surface area contributed by atoms with Crippen molar-refractivity contribution in [2.45, 2.75) is 13.3 Å². The van der Waals surface area contributed by atoms with E-state index < -0.39 is 6.09 Å². The van der Waals surface area contributed by atoms with Crippen molar-refractivity contribution in [2.75, 3.05) is 19.8 Å². The number of alkyl carbamates (subject to hydrolysis) is 1. The number of nitrogens with one attached hydrogen (secondary N) is 2. The van der Waals surface area contributed by atoms with Gasteiger partial charge in [0.25, 0.3) is 0 Å². The van der Waals surface area contributed by atoms with Crippen LogP contribution in [0.25, 0.3) is 0 Å². The fourth-order valence-electron chi connectivity index (χ4n) is 0.798. The number of rotatable bonds is 2. The molecular formula is C6H12N2O3. The Labute approximate surface area is 65.0 Å². The average Bonchev–Trinajstić information content (AvgIpc) is 2.40. The minimum Gasteiger partial charge on any atom is -0.450 e. The molecule has 1 atom stereocenters. The van der Waals surface area contributed by atoms with Crippen LogP contribution in [-0.4, -0.2) is 32.2 Å². The lowest BCUT2D eigenvalue weighted by molar-refractivity contribution is 0.0631. The van der Waals surface area contributed by atoms with Crippen LogP contribution in [0.5, 0.6) is 0 Å². The molecular weight excluding hydrogens is 148 g/mol. The number of ether oxygens (including phenoxy) is 2.